The number of piperidine rings is 2. The van der Waals surface area contributed by atoms with Crippen molar-refractivity contribution >= 4 is 24.5 Å². The van der Waals surface area contributed by atoms with Gasteiger partial charge in [-0.3, -0.25) is 4.79 Å². The van der Waals surface area contributed by atoms with Crippen LogP contribution in [0.2, 0.25) is 0 Å². The number of likely N-dealkylation sites (tertiary alicyclic amines) is 1. The summed E-state index contributed by atoms with van der Waals surface area (Å²) in [7, 11) is 0. The smallest absolute Gasteiger partial charge is 0.410 e. The van der Waals surface area contributed by atoms with Crippen LogP contribution < -0.4 is 5.32 Å². The van der Waals surface area contributed by atoms with Crippen molar-refractivity contribution in [3.63, 3.8) is 0 Å². The van der Waals surface area contributed by atoms with E-state index in [9.17, 15) is 9.59 Å². The monoisotopic (exact) mass is 594 g/mol. The molecule has 0 radical (unpaired) electrons. The van der Waals surface area contributed by atoms with E-state index in [2.05, 4.69) is 46.2 Å². The fraction of sp³-hybridized carbons (Fsp3) is 0.486. The molecule has 0 saturated carbocycles. The topological polar surface area (TPSA) is 67.9 Å². The summed E-state index contributed by atoms with van der Waals surface area (Å²) in [6.07, 6.45) is 14.9. The first-order valence-electron chi connectivity index (χ1n) is 14.5. The summed E-state index contributed by atoms with van der Waals surface area (Å²) in [5.41, 5.74) is 4.19. The summed E-state index contributed by atoms with van der Waals surface area (Å²) in [5, 5.41) is 3.37. The third kappa shape index (κ3) is 13.5. The fourth-order valence-corrected chi connectivity index (χ4v) is 4.78. The molecule has 42 heavy (non-hydrogen) atoms. The highest BCUT2D eigenvalue weighted by atomic mass is 35.5. The van der Waals surface area contributed by atoms with Crippen molar-refractivity contribution in [2.75, 3.05) is 32.8 Å². The molecular formula is C35H47ClN2O4. The van der Waals surface area contributed by atoms with Gasteiger partial charge in [0.1, 0.15) is 5.60 Å². The van der Waals surface area contributed by atoms with Gasteiger partial charge in [0, 0.05) is 31.1 Å². The van der Waals surface area contributed by atoms with E-state index in [1.54, 1.807) is 11.8 Å². The minimum absolute atomic E-state index is 0. The lowest BCUT2D eigenvalue weighted by Crippen LogP contribution is -2.41. The Kier molecular flexibility index (Phi) is 16.4. The first kappa shape index (κ1) is 36.6. The molecule has 0 atom stereocenters. The quantitative estimate of drug-likeness (QED) is 0.309. The van der Waals surface area contributed by atoms with Crippen LogP contribution in [0.5, 0.6) is 0 Å². The molecule has 1 N–H and O–H groups in total. The molecule has 2 aromatic rings. The number of benzene rings is 2. The molecule has 2 saturated heterocycles. The highest BCUT2D eigenvalue weighted by Gasteiger charge is 2.27. The number of ether oxygens (including phenoxy) is 2. The van der Waals surface area contributed by atoms with E-state index in [0.29, 0.717) is 12.5 Å². The zero-order chi connectivity index (χ0) is 30.3. The third-order valence-corrected chi connectivity index (χ3v) is 6.93. The molecule has 1 amide bonds. The lowest BCUT2D eigenvalue weighted by molar-refractivity contribution is -0.140. The Hall–Kier alpha value is -3.45. The van der Waals surface area contributed by atoms with E-state index in [4.69, 9.17) is 17.6 Å². The molecule has 2 aliphatic heterocycles. The second-order valence-electron chi connectivity index (χ2n) is 11.2. The molecule has 2 aliphatic rings. The van der Waals surface area contributed by atoms with Gasteiger partial charge in [-0.1, -0.05) is 36.1 Å². The van der Waals surface area contributed by atoms with Crippen LogP contribution in [-0.4, -0.2) is 55.3 Å². The summed E-state index contributed by atoms with van der Waals surface area (Å²) < 4.78 is 9.82. The highest BCUT2D eigenvalue weighted by Crippen LogP contribution is 2.29. The van der Waals surface area contributed by atoms with E-state index < -0.39 is 5.60 Å². The van der Waals surface area contributed by atoms with Crippen molar-refractivity contribution in [1.29, 1.82) is 0 Å². The van der Waals surface area contributed by atoms with Crippen molar-refractivity contribution in [2.45, 2.75) is 77.7 Å². The van der Waals surface area contributed by atoms with Gasteiger partial charge in [0.2, 0.25) is 0 Å². The molecular weight excluding hydrogens is 548 g/mol. The maximum Gasteiger partial charge on any atom is 0.410 e. The molecule has 0 spiro atoms. The van der Waals surface area contributed by atoms with Crippen LogP contribution >= 0.6 is 12.4 Å². The molecule has 0 bridgehead atoms. The van der Waals surface area contributed by atoms with Crippen molar-refractivity contribution < 1.29 is 19.1 Å². The Morgan fingerprint density at radius 3 is 1.62 bits per heavy atom. The number of nitrogens with one attached hydrogen (secondary N) is 1. The SMILES string of the molecule is C#Cc1ccc(C2CCN(C(=O)OC(C)(C)C)CC2)cc1.C#Cc1ccc(C2CCNCC2)cc1.CCOC(C)=O.Cl. The van der Waals surface area contributed by atoms with Gasteiger partial charge in [0.25, 0.3) is 0 Å². The number of carbonyl (C=O) groups is 2. The Balaban J connectivity index is 0.000000362. The lowest BCUT2D eigenvalue weighted by atomic mass is 9.89. The Labute approximate surface area is 259 Å². The van der Waals surface area contributed by atoms with E-state index in [1.165, 1.54) is 30.9 Å². The van der Waals surface area contributed by atoms with Crippen molar-refractivity contribution in [3.8, 4) is 24.7 Å². The van der Waals surface area contributed by atoms with Crippen LogP contribution in [0, 0.1) is 24.7 Å². The van der Waals surface area contributed by atoms with Crippen molar-refractivity contribution in [2.24, 2.45) is 0 Å². The predicted octanol–water partition coefficient (Wildman–Crippen LogP) is 6.91. The average molecular weight is 595 g/mol. The first-order chi connectivity index (χ1) is 19.6. The van der Waals surface area contributed by atoms with Crippen molar-refractivity contribution in [1.82, 2.24) is 10.2 Å². The van der Waals surface area contributed by atoms with Crippen LogP contribution in [0.4, 0.5) is 4.79 Å². The van der Waals surface area contributed by atoms with E-state index in [1.807, 2.05) is 45.0 Å². The largest absolute Gasteiger partial charge is 0.466 e. The van der Waals surface area contributed by atoms with Crippen molar-refractivity contribution in [3.05, 3.63) is 70.8 Å². The average Bonchev–Trinajstić information content (AvgIpc) is 2.97. The van der Waals surface area contributed by atoms with Crippen LogP contribution in [0.3, 0.4) is 0 Å². The summed E-state index contributed by atoms with van der Waals surface area (Å²) in [4.78, 5) is 23.6. The molecule has 4 rings (SSSR count). The second-order valence-corrected chi connectivity index (χ2v) is 11.2. The van der Waals surface area contributed by atoms with Crippen LogP contribution in [0.15, 0.2) is 48.5 Å². The Morgan fingerprint density at radius 1 is 0.857 bits per heavy atom. The van der Waals surface area contributed by atoms with Gasteiger partial charge in [0.15, 0.2) is 0 Å². The number of carbonyl (C=O) groups excluding carboxylic acids is 2. The minimum Gasteiger partial charge on any atom is -0.466 e. The molecule has 6 nitrogen and oxygen atoms in total. The molecule has 0 aliphatic carbocycles. The van der Waals surface area contributed by atoms with Gasteiger partial charge in [-0.25, -0.2) is 4.79 Å². The van der Waals surface area contributed by atoms with Crippen LogP contribution in [-0.2, 0) is 14.3 Å². The zero-order valence-electron chi connectivity index (χ0n) is 25.8. The van der Waals surface area contributed by atoms with Gasteiger partial charge in [-0.15, -0.1) is 25.3 Å². The number of hydrogen-bond donors (Lipinski definition) is 1. The molecule has 228 valence electrons. The third-order valence-electron chi connectivity index (χ3n) is 6.93. The summed E-state index contributed by atoms with van der Waals surface area (Å²) in [6, 6.07) is 16.6. The van der Waals surface area contributed by atoms with Gasteiger partial charge in [-0.05, 0) is 114 Å². The summed E-state index contributed by atoms with van der Waals surface area (Å²) >= 11 is 0. The van der Waals surface area contributed by atoms with Gasteiger partial charge in [-0.2, -0.15) is 0 Å². The lowest BCUT2D eigenvalue weighted by Gasteiger charge is -2.33. The highest BCUT2D eigenvalue weighted by molar-refractivity contribution is 5.85. The van der Waals surface area contributed by atoms with E-state index in [0.717, 1.165) is 56.1 Å². The van der Waals surface area contributed by atoms with Gasteiger partial charge < -0.3 is 19.7 Å². The maximum atomic E-state index is 12.0. The molecule has 2 aromatic carbocycles. The standard InChI is InChI=1S/C18H23NO2.C13H15N.C4H8O2.ClH/c1-5-14-6-8-15(9-7-14)16-10-12-19(13-11-16)17(20)21-18(2,3)4;1-2-11-3-5-12(6-4-11)13-7-9-14-10-8-13;1-3-6-4(2)5;/h1,6-9,16H,10-13H2,2-4H3;1,3-6,13-14H,7-10H2;3H2,1-2H3;1H. The van der Waals surface area contributed by atoms with Gasteiger partial charge in [0.05, 0.1) is 6.61 Å². The molecule has 0 unspecified atom stereocenters. The number of hydrogen-bond acceptors (Lipinski definition) is 5. The first-order valence-corrected chi connectivity index (χ1v) is 14.5. The molecule has 2 fully saturated rings. The fourth-order valence-electron chi connectivity index (χ4n) is 4.78. The number of rotatable bonds is 3. The normalized spacial score (nSPS) is 15.2. The number of esters is 1. The minimum atomic E-state index is -0.432. The van der Waals surface area contributed by atoms with Crippen LogP contribution in [0.1, 0.15) is 94.4 Å². The molecule has 7 heteroatoms. The predicted molar refractivity (Wildman–Crippen MR) is 173 cm³/mol. The summed E-state index contributed by atoms with van der Waals surface area (Å²) in [5.74, 6) is 6.29. The summed E-state index contributed by atoms with van der Waals surface area (Å²) in [6.45, 7) is 13.1. The Morgan fingerprint density at radius 2 is 1.29 bits per heavy atom. The van der Waals surface area contributed by atoms with E-state index >= 15 is 0 Å². The number of nitrogens with zero attached hydrogens (tertiary/aromatic N) is 1. The van der Waals surface area contributed by atoms with Gasteiger partial charge >= 0.3 is 12.1 Å². The second kappa shape index (κ2) is 18.9. The maximum absolute atomic E-state index is 12.0. The van der Waals surface area contributed by atoms with Crippen LogP contribution in [0.25, 0.3) is 0 Å². The van der Waals surface area contributed by atoms with E-state index in [-0.39, 0.29) is 24.5 Å². The number of halogens is 1. The number of amides is 1. The number of terminal acetylenes is 2. The molecule has 2 heterocycles. The Bertz CT molecular complexity index is 1160. The molecule has 0 aromatic heterocycles. The zero-order valence-corrected chi connectivity index (χ0v) is 26.6.